The van der Waals surface area contributed by atoms with E-state index in [1.807, 2.05) is 6.20 Å². The Morgan fingerprint density at radius 1 is 1.33 bits per heavy atom. The lowest BCUT2D eigenvalue weighted by molar-refractivity contribution is 0.367. The number of nitrogens with one attached hydrogen (secondary N) is 1. The topological polar surface area (TPSA) is 28.2 Å². The van der Waals surface area contributed by atoms with E-state index in [2.05, 4.69) is 48.1 Å². The average Bonchev–Trinajstić information content (AvgIpc) is 2.38. The molecule has 1 saturated heterocycles. The molecular formula is C15H25N3. The van der Waals surface area contributed by atoms with E-state index in [4.69, 9.17) is 0 Å². The highest BCUT2D eigenvalue weighted by Gasteiger charge is 2.19. The van der Waals surface area contributed by atoms with Crippen molar-refractivity contribution in [1.82, 2.24) is 10.3 Å². The van der Waals surface area contributed by atoms with Crippen molar-refractivity contribution in [2.45, 2.75) is 39.7 Å². The molecule has 0 aromatic carbocycles. The predicted molar refractivity (Wildman–Crippen MR) is 77.0 cm³/mol. The lowest BCUT2D eigenvalue weighted by atomic mass is 9.97. The Hall–Kier alpha value is -1.09. The fourth-order valence-corrected chi connectivity index (χ4v) is 2.54. The molecule has 3 nitrogen and oxygen atoms in total. The fraction of sp³-hybridized carbons (Fsp3) is 0.667. The van der Waals surface area contributed by atoms with Gasteiger partial charge in [0.05, 0.1) is 0 Å². The molecule has 1 aromatic heterocycles. The predicted octanol–water partition coefficient (Wildman–Crippen LogP) is 2.60. The minimum absolute atomic E-state index is 0.509. The standard InChI is InChI=1S/C15H25N3/c1-12(2)18(11-14-6-8-16-9-7-14)15-5-4-13(3)10-17-15/h4-5,10,12,14,16H,6-9,11H2,1-3H3. The number of pyridine rings is 1. The zero-order chi connectivity index (χ0) is 13.0. The first-order valence-electron chi connectivity index (χ1n) is 7.07. The highest BCUT2D eigenvalue weighted by molar-refractivity contribution is 5.40. The van der Waals surface area contributed by atoms with Crippen LogP contribution in [0.25, 0.3) is 0 Å². The molecule has 0 atom stereocenters. The zero-order valence-electron chi connectivity index (χ0n) is 11.8. The van der Waals surface area contributed by atoms with Crippen LogP contribution in [0.3, 0.4) is 0 Å². The van der Waals surface area contributed by atoms with Crippen LogP contribution in [-0.2, 0) is 0 Å². The highest BCUT2D eigenvalue weighted by Crippen LogP contribution is 2.20. The normalized spacial score (nSPS) is 17.1. The Labute approximate surface area is 111 Å². The van der Waals surface area contributed by atoms with Gasteiger partial charge in [-0.25, -0.2) is 4.98 Å². The maximum atomic E-state index is 4.58. The molecule has 0 aliphatic carbocycles. The molecule has 0 spiro atoms. The van der Waals surface area contributed by atoms with Crippen LogP contribution in [-0.4, -0.2) is 30.7 Å². The molecule has 1 N–H and O–H groups in total. The molecule has 0 radical (unpaired) electrons. The molecule has 2 rings (SSSR count). The van der Waals surface area contributed by atoms with Crippen molar-refractivity contribution in [3.05, 3.63) is 23.9 Å². The van der Waals surface area contributed by atoms with E-state index < -0.39 is 0 Å². The number of anilines is 1. The lowest BCUT2D eigenvalue weighted by Crippen LogP contribution is -2.39. The molecule has 18 heavy (non-hydrogen) atoms. The van der Waals surface area contributed by atoms with Gasteiger partial charge in [0.2, 0.25) is 0 Å². The first-order chi connectivity index (χ1) is 8.66. The summed E-state index contributed by atoms with van der Waals surface area (Å²) in [6.45, 7) is 10.1. The molecule has 0 bridgehead atoms. The summed E-state index contributed by atoms with van der Waals surface area (Å²) in [5, 5.41) is 3.43. The van der Waals surface area contributed by atoms with E-state index in [0.29, 0.717) is 6.04 Å². The average molecular weight is 247 g/mol. The molecule has 1 fully saturated rings. The first-order valence-corrected chi connectivity index (χ1v) is 7.07. The Morgan fingerprint density at radius 2 is 2.06 bits per heavy atom. The molecule has 3 heteroatoms. The first kappa shape index (κ1) is 13.3. The van der Waals surface area contributed by atoms with Gasteiger partial charge in [-0.1, -0.05) is 6.07 Å². The molecule has 100 valence electrons. The van der Waals surface area contributed by atoms with E-state index in [1.54, 1.807) is 0 Å². The van der Waals surface area contributed by atoms with Crippen LogP contribution in [0, 0.1) is 12.8 Å². The summed E-state index contributed by atoms with van der Waals surface area (Å²) in [7, 11) is 0. The van der Waals surface area contributed by atoms with Gasteiger partial charge in [0.25, 0.3) is 0 Å². The SMILES string of the molecule is Cc1ccc(N(CC2CCNCC2)C(C)C)nc1. The van der Waals surface area contributed by atoms with E-state index in [-0.39, 0.29) is 0 Å². The van der Waals surface area contributed by atoms with Crippen LogP contribution in [0.15, 0.2) is 18.3 Å². The summed E-state index contributed by atoms with van der Waals surface area (Å²) in [4.78, 5) is 7.02. The van der Waals surface area contributed by atoms with Gasteiger partial charge in [-0.15, -0.1) is 0 Å². The molecule has 1 aliphatic rings. The minimum atomic E-state index is 0.509. The van der Waals surface area contributed by atoms with Crippen molar-refractivity contribution in [3.8, 4) is 0 Å². The van der Waals surface area contributed by atoms with Crippen molar-refractivity contribution in [3.63, 3.8) is 0 Å². The van der Waals surface area contributed by atoms with Crippen LogP contribution in [0.4, 0.5) is 5.82 Å². The van der Waals surface area contributed by atoms with Crippen molar-refractivity contribution in [2.75, 3.05) is 24.5 Å². The summed E-state index contributed by atoms with van der Waals surface area (Å²) >= 11 is 0. The van der Waals surface area contributed by atoms with Crippen molar-refractivity contribution >= 4 is 5.82 Å². The van der Waals surface area contributed by atoms with Gasteiger partial charge in [-0.2, -0.15) is 0 Å². The third-order valence-electron chi connectivity index (χ3n) is 3.73. The van der Waals surface area contributed by atoms with Gasteiger partial charge in [0, 0.05) is 18.8 Å². The molecular weight excluding hydrogens is 222 g/mol. The van der Waals surface area contributed by atoms with Crippen LogP contribution in [0.1, 0.15) is 32.3 Å². The van der Waals surface area contributed by atoms with Crippen LogP contribution in [0.5, 0.6) is 0 Å². The van der Waals surface area contributed by atoms with Gasteiger partial charge in [0.1, 0.15) is 5.82 Å². The third kappa shape index (κ3) is 3.45. The monoisotopic (exact) mass is 247 g/mol. The maximum absolute atomic E-state index is 4.58. The largest absolute Gasteiger partial charge is 0.354 e. The summed E-state index contributed by atoms with van der Waals surface area (Å²) in [5.41, 5.74) is 1.23. The second kappa shape index (κ2) is 6.19. The highest BCUT2D eigenvalue weighted by atomic mass is 15.2. The molecule has 2 heterocycles. The summed E-state index contributed by atoms with van der Waals surface area (Å²) in [5.74, 6) is 1.92. The number of nitrogens with zero attached hydrogens (tertiary/aromatic N) is 2. The smallest absolute Gasteiger partial charge is 0.128 e. The summed E-state index contributed by atoms with van der Waals surface area (Å²) < 4.78 is 0. The Bertz CT molecular complexity index is 353. The number of piperidine rings is 1. The lowest BCUT2D eigenvalue weighted by Gasteiger charge is -2.33. The zero-order valence-corrected chi connectivity index (χ0v) is 11.8. The Kier molecular flexibility index (Phi) is 4.59. The van der Waals surface area contributed by atoms with Gasteiger partial charge in [-0.3, -0.25) is 0 Å². The van der Waals surface area contributed by atoms with Crippen molar-refractivity contribution in [2.24, 2.45) is 5.92 Å². The van der Waals surface area contributed by atoms with Crippen LogP contribution < -0.4 is 10.2 Å². The number of rotatable bonds is 4. The summed E-state index contributed by atoms with van der Waals surface area (Å²) in [6.07, 6.45) is 4.54. The van der Waals surface area contributed by atoms with E-state index in [9.17, 15) is 0 Å². The van der Waals surface area contributed by atoms with E-state index >= 15 is 0 Å². The van der Waals surface area contributed by atoms with E-state index in [1.165, 1.54) is 18.4 Å². The second-order valence-electron chi connectivity index (χ2n) is 5.63. The van der Waals surface area contributed by atoms with Crippen LogP contribution in [0.2, 0.25) is 0 Å². The van der Waals surface area contributed by atoms with Crippen LogP contribution >= 0.6 is 0 Å². The van der Waals surface area contributed by atoms with Gasteiger partial charge in [-0.05, 0) is 64.3 Å². The summed E-state index contributed by atoms with van der Waals surface area (Å²) in [6, 6.07) is 4.81. The molecule has 0 amide bonds. The van der Waals surface area contributed by atoms with Crippen molar-refractivity contribution < 1.29 is 0 Å². The number of aryl methyl sites for hydroxylation is 1. The number of hydrogen-bond donors (Lipinski definition) is 1. The molecule has 1 aliphatic heterocycles. The second-order valence-corrected chi connectivity index (χ2v) is 5.63. The molecule has 0 unspecified atom stereocenters. The third-order valence-corrected chi connectivity index (χ3v) is 3.73. The van der Waals surface area contributed by atoms with Crippen molar-refractivity contribution in [1.29, 1.82) is 0 Å². The van der Waals surface area contributed by atoms with E-state index in [0.717, 1.165) is 31.4 Å². The number of hydrogen-bond acceptors (Lipinski definition) is 3. The number of aromatic nitrogens is 1. The fourth-order valence-electron chi connectivity index (χ4n) is 2.54. The molecule has 1 aromatic rings. The maximum Gasteiger partial charge on any atom is 0.128 e. The van der Waals surface area contributed by atoms with Gasteiger partial charge in [0.15, 0.2) is 0 Å². The van der Waals surface area contributed by atoms with Gasteiger partial charge >= 0.3 is 0 Å². The Morgan fingerprint density at radius 3 is 2.61 bits per heavy atom. The quantitative estimate of drug-likeness (QED) is 0.886. The Balaban J connectivity index is 2.05. The molecule has 0 saturated carbocycles. The minimum Gasteiger partial charge on any atom is -0.354 e. The van der Waals surface area contributed by atoms with Gasteiger partial charge < -0.3 is 10.2 Å².